The monoisotopic (exact) mass is 457 g/mol. The molecule has 0 aliphatic carbocycles. The summed E-state index contributed by atoms with van der Waals surface area (Å²) < 4.78 is 2.08. The molecule has 0 radical (unpaired) electrons. The standard InChI is InChI=1S/C17H17Br2NO2S/c18-12-5-3-4-11(10-12)16(14-7-8-15(19)23-14)20-9-2-1-6-13(20)17(21)22/h3-5,7-8,10,13,16H,1-2,6,9H2,(H,21,22). The molecule has 2 aromatic rings. The molecule has 0 bridgehead atoms. The quantitative estimate of drug-likeness (QED) is 0.675. The Morgan fingerprint density at radius 1 is 1.26 bits per heavy atom. The number of hydrogen-bond donors (Lipinski definition) is 1. The topological polar surface area (TPSA) is 40.5 Å². The Morgan fingerprint density at radius 2 is 2.09 bits per heavy atom. The molecule has 1 aromatic heterocycles. The highest BCUT2D eigenvalue weighted by Gasteiger charge is 2.35. The lowest BCUT2D eigenvalue weighted by Gasteiger charge is -2.39. The second-order valence-corrected chi connectivity index (χ2v) is 9.10. The van der Waals surface area contributed by atoms with Crippen LogP contribution in [0.25, 0.3) is 0 Å². The zero-order chi connectivity index (χ0) is 16.4. The van der Waals surface area contributed by atoms with Crippen LogP contribution in [0.1, 0.15) is 35.7 Å². The van der Waals surface area contributed by atoms with Crippen molar-refractivity contribution in [3.05, 3.63) is 55.1 Å². The van der Waals surface area contributed by atoms with Crippen LogP contribution in [0.5, 0.6) is 0 Å². The van der Waals surface area contributed by atoms with Crippen LogP contribution < -0.4 is 0 Å². The number of aliphatic carboxylic acids is 1. The van der Waals surface area contributed by atoms with E-state index in [2.05, 4.69) is 55.0 Å². The molecule has 1 fully saturated rings. The van der Waals surface area contributed by atoms with Gasteiger partial charge in [0.1, 0.15) is 6.04 Å². The molecular formula is C17H17Br2NO2S. The zero-order valence-electron chi connectivity index (χ0n) is 12.4. The summed E-state index contributed by atoms with van der Waals surface area (Å²) in [5, 5.41) is 9.65. The Kier molecular flexibility index (Phi) is 5.57. The van der Waals surface area contributed by atoms with Gasteiger partial charge in [-0.3, -0.25) is 9.69 Å². The maximum atomic E-state index is 11.7. The molecule has 6 heteroatoms. The molecule has 1 N–H and O–H groups in total. The third-order valence-corrected chi connectivity index (χ3v) is 6.36. The van der Waals surface area contributed by atoms with E-state index < -0.39 is 12.0 Å². The summed E-state index contributed by atoms with van der Waals surface area (Å²) in [6.07, 6.45) is 2.74. The van der Waals surface area contributed by atoms with E-state index in [0.29, 0.717) is 6.42 Å². The molecule has 1 aliphatic heterocycles. The number of nitrogens with zero attached hydrogens (tertiary/aromatic N) is 1. The number of thiophene rings is 1. The van der Waals surface area contributed by atoms with Gasteiger partial charge in [0.05, 0.1) is 9.83 Å². The molecule has 122 valence electrons. The van der Waals surface area contributed by atoms with E-state index in [1.165, 1.54) is 4.88 Å². The average Bonchev–Trinajstić information content (AvgIpc) is 2.94. The van der Waals surface area contributed by atoms with Gasteiger partial charge in [-0.05, 0) is 65.1 Å². The number of piperidine rings is 1. The minimum absolute atomic E-state index is 0.0230. The Morgan fingerprint density at radius 3 is 2.74 bits per heavy atom. The summed E-state index contributed by atoms with van der Waals surface area (Å²) in [7, 11) is 0. The van der Waals surface area contributed by atoms with Crippen LogP contribution in [0, 0.1) is 0 Å². The third-order valence-electron chi connectivity index (χ3n) is 4.19. The summed E-state index contributed by atoms with van der Waals surface area (Å²) in [5.74, 6) is -0.722. The van der Waals surface area contributed by atoms with Crippen LogP contribution in [0.15, 0.2) is 44.7 Å². The molecule has 0 spiro atoms. The summed E-state index contributed by atoms with van der Waals surface area (Å²) in [4.78, 5) is 15.1. The number of benzene rings is 1. The van der Waals surface area contributed by atoms with Gasteiger partial charge in [0.25, 0.3) is 0 Å². The smallest absolute Gasteiger partial charge is 0.320 e. The average molecular weight is 459 g/mol. The van der Waals surface area contributed by atoms with E-state index in [9.17, 15) is 9.90 Å². The van der Waals surface area contributed by atoms with Gasteiger partial charge in [-0.25, -0.2) is 0 Å². The van der Waals surface area contributed by atoms with Crippen LogP contribution in [-0.2, 0) is 4.79 Å². The first-order valence-electron chi connectivity index (χ1n) is 7.55. The predicted octanol–water partition coefficient (Wildman–Crippen LogP) is 5.30. The first-order valence-corrected chi connectivity index (χ1v) is 9.96. The van der Waals surface area contributed by atoms with Crippen LogP contribution >= 0.6 is 43.2 Å². The first kappa shape index (κ1) is 17.1. The second kappa shape index (κ2) is 7.47. The van der Waals surface area contributed by atoms with Gasteiger partial charge in [0, 0.05) is 9.35 Å². The highest BCUT2D eigenvalue weighted by molar-refractivity contribution is 9.11. The summed E-state index contributed by atoms with van der Waals surface area (Å²) in [5.41, 5.74) is 1.13. The number of carboxylic acid groups (broad SMARTS) is 1. The van der Waals surface area contributed by atoms with Gasteiger partial charge in [-0.15, -0.1) is 11.3 Å². The second-order valence-electron chi connectivity index (χ2n) is 5.69. The number of hydrogen-bond acceptors (Lipinski definition) is 3. The minimum atomic E-state index is -0.722. The van der Waals surface area contributed by atoms with Crippen molar-refractivity contribution in [2.24, 2.45) is 0 Å². The predicted molar refractivity (Wildman–Crippen MR) is 100.0 cm³/mol. The molecule has 0 amide bonds. The lowest BCUT2D eigenvalue weighted by molar-refractivity contribution is -0.145. The van der Waals surface area contributed by atoms with Gasteiger partial charge in [-0.1, -0.05) is 34.5 Å². The van der Waals surface area contributed by atoms with E-state index in [4.69, 9.17) is 0 Å². The minimum Gasteiger partial charge on any atom is -0.480 e. The Balaban J connectivity index is 2.05. The molecule has 2 heterocycles. The normalized spacial score (nSPS) is 20.3. The van der Waals surface area contributed by atoms with Gasteiger partial charge >= 0.3 is 5.97 Å². The van der Waals surface area contributed by atoms with E-state index in [1.54, 1.807) is 11.3 Å². The molecule has 0 saturated carbocycles. The van der Waals surface area contributed by atoms with Crippen molar-refractivity contribution in [1.29, 1.82) is 0 Å². The lowest BCUT2D eigenvalue weighted by Crippen LogP contribution is -2.46. The highest BCUT2D eigenvalue weighted by Crippen LogP contribution is 2.39. The van der Waals surface area contributed by atoms with Crippen molar-refractivity contribution in [2.45, 2.75) is 31.3 Å². The van der Waals surface area contributed by atoms with E-state index in [0.717, 1.165) is 33.2 Å². The molecule has 3 nitrogen and oxygen atoms in total. The third kappa shape index (κ3) is 3.87. The molecular weight excluding hydrogens is 442 g/mol. The van der Waals surface area contributed by atoms with Crippen molar-refractivity contribution in [1.82, 2.24) is 4.90 Å². The molecule has 3 rings (SSSR count). The number of carbonyl (C=O) groups is 1. The van der Waals surface area contributed by atoms with Crippen molar-refractivity contribution in [3.8, 4) is 0 Å². The fourth-order valence-corrected chi connectivity index (χ4v) is 5.19. The highest BCUT2D eigenvalue weighted by atomic mass is 79.9. The van der Waals surface area contributed by atoms with Crippen molar-refractivity contribution < 1.29 is 9.90 Å². The molecule has 2 atom stereocenters. The maximum Gasteiger partial charge on any atom is 0.320 e. The van der Waals surface area contributed by atoms with E-state index >= 15 is 0 Å². The van der Waals surface area contributed by atoms with Gasteiger partial charge < -0.3 is 5.11 Å². The Hall–Kier alpha value is -0.690. The number of likely N-dealkylation sites (tertiary alicyclic amines) is 1. The van der Waals surface area contributed by atoms with Crippen LogP contribution in [0.3, 0.4) is 0 Å². The Bertz CT molecular complexity index is 703. The van der Waals surface area contributed by atoms with Crippen molar-refractivity contribution >= 4 is 49.2 Å². The van der Waals surface area contributed by atoms with Crippen LogP contribution in [0.2, 0.25) is 0 Å². The Labute approximate surface area is 156 Å². The van der Waals surface area contributed by atoms with Crippen LogP contribution in [0.4, 0.5) is 0 Å². The van der Waals surface area contributed by atoms with Gasteiger partial charge in [-0.2, -0.15) is 0 Å². The lowest BCUT2D eigenvalue weighted by atomic mass is 9.95. The van der Waals surface area contributed by atoms with Crippen LogP contribution in [-0.4, -0.2) is 28.6 Å². The summed E-state index contributed by atoms with van der Waals surface area (Å²) in [6.45, 7) is 0.809. The zero-order valence-corrected chi connectivity index (χ0v) is 16.4. The maximum absolute atomic E-state index is 11.7. The first-order chi connectivity index (χ1) is 11.1. The largest absolute Gasteiger partial charge is 0.480 e. The van der Waals surface area contributed by atoms with Gasteiger partial charge in [0.15, 0.2) is 0 Å². The number of rotatable bonds is 4. The SMILES string of the molecule is O=C(O)C1CCCCN1C(c1cccc(Br)c1)c1ccc(Br)s1. The summed E-state index contributed by atoms with van der Waals surface area (Å²) >= 11 is 8.74. The molecule has 1 saturated heterocycles. The molecule has 1 aliphatic rings. The number of carboxylic acids is 1. The van der Waals surface area contributed by atoms with E-state index in [1.807, 2.05) is 18.2 Å². The fourth-order valence-electron chi connectivity index (χ4n) is 3.20. The number of halogens is 2. The molecule has 1 aromatic carbocycles. The summed E-state index contributed by atoms with van der Waals surface area (Å²) in [6, 6.07) is 11.9. The molecule has 23 heavy (non-hydrogen) atoms. The fraction of sp³-hybridized carbons (Fsp3) is 0.353. The van der Waals surface area contributed by atoms with Crippen molar-refractivity contribution in [2.75, 3.05) is 6.54 Å². The molecule has 2 unspecified atom stereocenters. The van der Waals surface area contributed by atoms with E-state index in [-0.39, 0.29) is 6.04 Å². The van der Waals surface area contributed by atoms with Gasteiger partial charge in [0.2, 0.25) is 0 Å². The van der Waals surface area contributed by atoms with Crippen molar-refractivity contribution in [3.63, 3.8) is 0 Å².